The summed E-state index contributed by atoms with van der Waals surface area (Å²) in [6, 6.07) is 3.51. The van der Waals surface area contributed by atoms with Gasteiger partial charge in [-0.15, -0.1) is 0 Å². The molecule has 3 fully saturated rings. The molecule has 1 atom stereocenters. The van der Waals surface area contributed by atoms with E-state index in [1.807, 2.05) is 9.80 Å². The Balaban J connectivity index is 1.39. The van der Waals surface area contributed by atoms with Gasteiger partial charge in [0, 0.05) is 44.9 Å². The van der Waals surface area contributed by atoms with E-state index in [0.717, 1.165) is 45.4 Å². The topological polar surface area (TPSA) is 62.7 Å². The van der Waals surface area contributed by atoms with Crippen molar-refractivity contribution in [2.24, 2.45) is 11.3 Å². The Bertz CT molecular complexity index is 693. The van der Waals surface area contributed by atoms with E-state index in [2.05, 4.69) is 4.98 Å². The third-order valence-electron chi connectivity index (χ3n) is 6.81. The lowest BCUT2D eigenvalue weighted by molar-refractivity contribution is -0.130. The SMILES string of the molecule is COc1ccc(C(=O)N2CC(CCC(=O)N3CCCC3)C3(CCC3)C2)cn1. The van der Waals surface area contributed by atoms with Crippen molar-refractivity contribution in [1.29, 1.82) is 0 Å². The Morgan fingerprint density at radius 1 is 1.19 bits per heavy atom. The average Bonchev–Trinajstić information content (AvgIpc) is 3.33. The lowest BCUT2D eigenvalue weighted by Crippen LogP contribution is -2.39. The van der Waals surface area contributed by atoms with Crippen molar-refractivity contribution in [2.75, 3.05) is 33.3 Å². The molecular formula is C21H29N3O3. The van der Waals surface area contributed by atoms with Crippen LogP contribution in [0.1, 0.15) is 55.3 Å². The molecule has 1 spiro atoms. The minimum atomic E-state index is 0.0461. The van der Waals surface area contributed by atoms with Gasteiger partial charge in [-0.2, -0.15) is 0 Å². The summed E-state index contributed by atoms with van der Waals surface area (Å²) in [4.78, 5) is 33.5. The fourth-order valence-electron chi connectivity index (χ4n) is 5.02. The van der Waals surface area contributed by atoms with E-state index in [4.69, 9.17) is 4.74 Å². The Morgan fingerprint density at radius 3 is 2.56 bits per heavy atom. The summed E-state index contributed by atoms with van der Waals surface area (Å²) in [5, 5.41) is 0. The van der Waals surface area contributed by atoms with Crippen LogP contribution in [0.5, 0.6) is 5.88 Å². The summed E-state index contributed by atoms with van der Waals surface area (Å²) in [7, 11) is 1.57. The number of aromatic nitrogens is 1. The molecule has 1 saturated carbocycles. The zero-order valence-electron chi connectivity index (χ0n) is 16.2. The highest BCUT2D eigenvalue weighted by molar-refractivity contribution is 5.94. The molecule has 4 rings (SSSR count). The molecule has 2 amide bonds. The molecule has 1 aromatic rings. The minimum Gasteiger partial charge on any atom is -0.481 e. The van der Waals surface area contributed by atoms with E-state index in [1.165, 1.54) is 19.3 Å². The molecule has 0 aromatic carbocycles. The van der Waals surface area contributed by atoms with E-state index >= 15 is 0 Å². The summed E-state index contributed by atoms with van der Waals surface area (Å²) in [5.41, 5.74) is 0.847. The second-order valence-corrected chi connectivity index (χ2v) is 8.31. The van der Waals surface area contributed by atoms with Crippen molar-refractivity contribution >= 4 is 11.8 Å². The first-order chi connectivity index (χ1) is 13.1. The molecule has 6 nitrogen and oxygen atoms in total. The minimum absolute atomic E-state index is 0.0461. The van der Waals surface area contributed by atoms with Crippen LogP contribution in [0.4, 0.5) is 0 Å². The normalized spacial score (nSPS) is 23.5. The summed E-state index contributed by atoms with van der Waals surface area (Å²) in [5.74, 6) is 1.30. The third kappa shape index (κ3) is 3.54. The van der Waals surface area contributed by atoms with Gasteiger partial charge in [0.2, 0.25) is 11.8 Å². The largest absolute Gasteiger partial charge is 0.481 e. The first kappa shape index (κ1) is 18.3. The van der Waals surface area contributed by atoms with Gasteiger partial charge in [0.1, 0.15) is 0 Å². The maximum atomic E-state index is 12.9. The standard InChI is InChI=1S/C21H29N3O3/c1-27-18-7-5-16(13-22-18)20(26)24-14-17(21(15-24)9-4-10-21)6-8-19(25)23-11-2-3-12-23/h5,7,13,17H,2-4,6,8-12,14-15H2,1H3. The van der Waals surface area contributed by atoms with Crippen LogP contribution >= 0.6 is 0 Å². The molecular weight excluding hydrogens is 342 g/mol. The first-order valence-corrected chi connectivity index (χ1v) is 10.2. The summed E-state index contributed by atoms with van der Waals surface area (Å²) >= 11 is 0. The van der Waals surface area contributed by atoms with Gasteiger partial charge >= 0.3 is 0 Å². The van der Waals surface area contributed by atoms with Gasteiger partial charge in [0.25, 0.3) is 5.91 Å². The molecule has 2 aliphatic heterocycles. The highest BCUT2D eigenvalue weighted by atomic mass is 16.5. The number of ether oxygens (including phenoxy) is 1. The molecule has 0 bridgehead atoms. The number of carbonyl (C=O) groups excluding carboxylic acids is 2. The number of rotatable bonds is 5. The predicted octanol–water partition coefficient (Wildman–Crippen LogP) is 2.74. The van der Waals surface area contributed by atoms with Crippen LogP contribution in [0, 0.1) is 11.3 Å². The molecule has 1 aromatic heterocycles. The highest BCUT2D eigenvalue weighted by Gasteiger charge is 2.51. The van der Waals surface area contributed by atoms with E-state index in [0.29, 0.717) is 29.7 Å². The number of hydrogen-bond donors (Lipinski definition) is 0. The predicted molar refractivity (Wildman–Crippen MR) is 102 cm³/mol. The van der Waals surface area contributed by atoms with Gasteiger partial charge in [0.05, 0.1) is 12.7 Å². The number of amides is 2. The quantitative estimate of drug-likeness (QED) is 0.798. The van der Waals surface area contributed by atoms with Crippen LogP contribution in [0.3, 0.4) is 0 Å². The lowest BCUT2D eigenvalue weighted by atomic mass is 9.62. The van der Waals surface area contributed by atoms with Gasteiger partial charge in [-0.1, -0.05) is 6.42 Å². The fraction of sp³-hybridized carbons (Fsp3) is 0.667. The van der Waals surface area contributed by atoms with Crippen LogP contribution in [0.25, 0.3) is 0 Å². The van der Waals surface area contributed by atoms with Crippen LogP contribution in [0.2, 0.25) is 0 Å². The molecule has 1 aliphatic carbocycles. The molecule has 1 unspecified atom stereocenters. The van der Waals surface area contributed by atoms with Gasteiger partial charge in [0.15, 0.2) is 0 Å². The molecule has 3 aliphatic rings. The smallest absolute Gasteiger partial charge is 0.255 e. The van der Waals surface area contributed by atoms with Crippen molar-refractivity contribution in [1.82, 2.24) is 14.8 Å². The van der Waals surface area contributed by atoms with Crippen LogP contribution < -0.4 is 4.74 Å². The zero-order chi connectivity index (χ0) is 18.9. The van der Waals surface area contributed by atoms with Crippen LogP contribution in [-0.4, -0.2) is 59.9 Å². The summed E-state index contributed by atoms with van der Waals surface area (Å²) in [6.45, 7) is 3.42. The van der Waals surface area contributed by atoms with Gasteiger partial charge in [-0.3, -0.25) is 9.59 Å². The monoisotopic (exact) mass is 371 g/mol. The Labute approximate surface area is 160 Å². The van der Waals surface area contributed by atoms with E-state index < -0.39 is 0 Å². The maximum Gasteiger partial charge on any atom is 0.255 e. The summed E-state index contributed by atoms with van der Waals surface area (Å²) in [6.07, 6.45) is 9.00. The molecule has 3 heterocycles. The van der Waals surface area contributed by atoms with Crippen molar-refractivity contribution in [3.63, 3.8) is 0 Å². The van der Waals surface area contributed by atoms with Crippen molar-refractivity contribution in [3.8, 4) is 5.88 Å². The molecule has 146 valence electrons. The van der Waals surface area contributed by atoms with Crippen molar-refractivity contribution < 1.29 is 14.3 Å². The Morgan fingerprint density at radius 2 is 1.96 bits per heavy atom. The second kappa shape index (κ2) is 7.49. The lowest BCUT2D eigenvalue weighted by Gasteiger charge is -2.43. The molecule has 2 saturated heterocycles. The number of pyridine rings is 1. The number of likely N-dealkylation sites (tertiary alicyclic amines) is 2. The number of hydrogen-bond acceptors (Lipinski definition) is 4. The molecule has 0 radical (unpaired) electrons. The van der Waals surface area contributed by atoms with Crippen LogP contribution in [0.15, 0.2) is 18.3 Å². The van der Waals surface area contributed by atoms with Crippen molar-refractivity contribution in [2.45, 2.75) is 44.9 Å². The fourth-order valence-corrected chi connectivity index (χ4v) is 5.02. The zero-order valence-corrected chi connectivity index (χ0v) is 16.2. The molecule has 0 N–H and O–H groups in total. The number of nitrogens with zero attached hydrogens (tertiary/aromatic N) is 3. The number of methoxy groups -OCH3 is 1. The van der Waals surface area contributed by atoms with E-state index in [-0.39, 0.29) is 11.3 Å². The van der Waals surface area contributed by atoms with Gasteiger partial charge in [-0.05, 0) is 49.5 Å². The second-order valence-electron chi connectivity index (χ2n) is 8.31. The highest BCUT2D eigenvalue weighted by Crippen LogP contribution is 2.53. The van der Waals surface area contributed by atoms with E-state index in [9.17, 15) is 9.59 Å². The Hall–Kier alpha value is -2.11. The summed E-state index contributed by atoms with van der Waals surface area (Å²) < 4.78 is 5.08. The molecule has 6 heteroatoms. The van der Waals surface area contributed by atoms with Crippen molar-refractivity contribution in [3.05, 3.63) is 23.9 Å². The van der Waals surface area contributed by atoms with E-state index in [1.54, 1.807) is 25.4 Å². The maximum absolute atomic E-state index is 12.9. The van der Waals surface area contributed by atoms with Gasteiger partial charge < -0.3 is 14.5 Å². The van der Waals surface area contributed by atoms with Crippen LogP contribution in [-0.2, 0) is 4.79 Å². The molecule has 27 heavy (non-hydrogen) atoms. The van der Waals surface area contributed by atoms with Gasteiger partial charge in [-0.25, -0.2) is 4.98 Å². The Kier molecular flexibility index (Phi) is 5.06. The first-order valence-electron chi connectivity index (χ1n) is 10.2. The third-order valence-corrected chi connectivity index (χ3v) is 6.81. The number of carbonyl (C=O) groups is 2. The average molecular weight is 371 g/mol.